The molecular weight excluding hydrogens is 438 g/mol. The molecule has 34 heavy (non-hydrogen) atoms. The van der Waals surface area contributed by atoms with E-state index in [1.54, 1.807) is 0 Å². The van der Waals surface area contributed by atoms with Crippen molar-refractivity contribution in [2.75, 3.05) is 28.3 Å². The summed E-state index contributed by atoms with van der Waals surface area (Å²) >= 11 is 0. The molecule has 182 valence electrons. The molecule has 0 amide bonds. The van der Waals surface area contributed by atoms with E-state index in [2.05, 4.69) is 128 Å². The molecule has 3 rings (SSSR count). The van der Waals surface area contributed by atoms with Crippen molar-refractivity contribution in [2.24, 2.45) is 0 Å². The van der Waals surface area contributed by atoms with E-state index in [0.717, 1.165) is 0 Å². The third kappa shape index (κ3) is 5.45. The molecule has 0 bridgehead atoms. The molecule has 0 saturated carbocycles. The minimum Gasteiger partial charge on any atom is -0.375 e. The summed E-state index contributed by atoms with van der Waals surface area (Å²) in [6, 6.07) is 32.7. The lowest BCUT2D eigenvalue weighted by Crippen LogP contribution is -2.48. The van der Waals surface area contributed by atoms with Crippen LogP contribution in [0.15, 0.2) is 91.0 Å². The van der Waals surface area contributed by atoms with Crippen LogP contribution in [0.3, 0.4) is 0 Å². The molecule has 0 aromatic heterocycles. The first-order valence-electron chi connectivity index (χ1n) is 11.5. The highest BCUT2D eigenvalue weighted by molar-refractivity contribution is 7.99. The molecule has 4 nitrogen and oxygen atoms in total. The SMILES string of the molecule is [BH3-][P+](c1ccccc1)(N(C)[C@@H](C)[C@H](OC)c1ccccc1)N(C)[C@@H](C)[C@H](OC)c1ccccc1. The second kappa shape index (κ2) is 12.1. The zero-order chi connectivity index (χ0) is 24.7. The highest BCUT2D eigenvalue weighted by Gasteiger charge is 2.45. The van der Waals surface area contributed by atoms with Gasteiger partial charge in [-0.1, -0.05) is 78.9 Å². The van der Waals surface area contributed by atoms with E-state index < -0.39 is 7.44 Å². The van der Waals surface area contributed by atoms with Crippen molar-refractivity contribution < 1.29 is 9.47 Å². The van der Waals surface area contributed by atoms with Crippen LogP contribution in [0.4, 0.5) is 0 Å². The minimum absolute atomic E-state index is 0.00323. The lowest BCUT2D eigenvalue weighted by Gasteiger charge is -2.50. The monoisotopic (exact) mass is 478 g/mol. The largest absolute Gasteiger partial charge is 0.375 e. The molecule has 0 unspecified atom stereocenters. The van der Waals surface area contributed by atoms with Crippen LogP contribution < -0.4 is 5.30 Å². The van der Waals surface area contributed by atoms with Gasteiger partial charge in [0, 0.05) is 35.8 Å². The lowest BCUT2D eigenvalue weighted by atomic mass is 10.0. The predicted molar refractivity (Wildman–Crippen MR) is 150 cm³/mol. The minimum atomic E-state index is -1.73. The van der Waals surface area contributed by atoms with Gasteiger partial charge < -0.3 is 9.47 Å². The normalized spacial score (nSPS) is 15.8. The van der Waals surface area contributed by atoms with Gasteiger partial charge in [-0.05, 0) is 37.1 Å². The molecule has 0 radical (unpaired) electrons. The fraction of sp³-hybridized carbons (Fsp3) is 0.357. The third-order valence-electron chi connectivity index (χ3n) is 6.40. The molecular formula is C28H40BN2O2P. The maximum Gasteiger partial charge on any atom is 0.169 e. The zero-order valence-electron chi connectivity index (χ0n) is 20.6. The lowest BCUT2D eigenvalue weighted by molar-refractivity contribution is 0.0442. The Morgan fingerprint density at radius 3 is 1.26 bits per heavy atom. The van der Waals surface area contributed by atoms with Crippen molar-refractivity contribution in [1.29, 1.82) is 0 Å². The van der Waals surface area contributed by atoms with Gasteiger partial charge in [-0.2, -0.15) is 9.34 Å². The second-order valence-corrected chi connectivity index (χ2v) is 10.7. The number of methoxy groups -OCH3 is 2. The van der Waals surface area contributed by atoms with Crippen LogP contribution >= 0.6 is 7.44 Å². The predicted octanol–water partition coefficient (Wildman–Crippen LogP) is 4.86. The van der Waals surface area contributed by atoms with Crippen LogP contribution in [0.2, 0.25) is 0 Å². The van der Waals surface area contributed by atoms with Crippen molar-refractivity contribution in [3.05, 3.63) is 102 Å². The summed E-state index contributed by atoms with van der Waals surface area (Å²) in [5.41, 5.74) is 2.44. The molecule has 3 aromatic rings. The Morgan fingerprint density at radius 1 is 0.618 bits per heavy atom. The molecule has 0 aliphatic rings. The van der Waals surface area contributed by atoms with Crippen LogP contribution in [0.5, 0.6) is 0 Å². The maximum absolute atomic E-state index is 6.09. The first-order chi connectivity index (χ1) is 16.4. The number of likely N-dealkylation sites (N-methyl/N-ethyl adjacent to an activating group) is 2. The van der Waals surface area contributed by atoms with Crippen LogP contribution in [0, 0.1) is 0 Å². The van der Waals surface area contributed by atoms with E-state index in [9.17, 15) is 0 Å². The summed E-state index contributed by atoms with van der Waals surface area (Å²) < 4.78 is 17.5. The van der Waals surface area contributed by atoms with E-state index in [1.165, 1.54) is 16.4 Å². The molecule has 0 heterocycles. The fourth-order valence-corrected chi connectivity index (χ4v) is 6.94. The Hall–Kier alpha value is -2.01. The summed E-state index contributed by atoms with van der Waals surface area (Å²) in [5, 5.41) is 1.45. The van der Waals surface area contributed by atoms with Gasteiger partial charge in [-0.25, -0.2) is 0 Å². The Balaban J connectivity index is 2.02. The van der Waals surface area contributed by atoms with Gasteiger partial charge in [-0.15, -0.1) is 0 Å². The standard InChI is InChI=1S/C28H40BN2O2P/c1-22(27(32-5)24-16-10-7-11-17-24)30(3)34(29,26-20-14-9-15-21-26)31(4)23(2)28(33-6)25-18-12-8-13-19-25/h7-23,27-28H,1-6,29H3/t22-,23-,27-,28-/m0/s1. The van der Waals surface area contributed by atoms with E-state index in [0.29, 0.717) is 0 Å². The number of nitrogens with zero attached hydrogens (tertiary/aromatic N) is 2. The molecule has 0 saturated heterocycles. The Labute approximate surface area is 207 Å². The van der Waals surface area contributed by atoms with Crippen LogP contribution in [0.1, 0.15) is 37.2 Å². The zero-order valence-corrected chi connectivity index (χ0v) is 21.5. The van der Waals surface area contributed by atoms with Gasteiger partial charge in [0.25, 0.3) is 0 Å². The van der Waals surface area contributed by atoms with Gasteiger partial charge in [0.2, 0.25) is 0 Å². The molecule has 0 aliphatic heterocycles. The topological polar surface area (TPSA) is 24.9 Å². The van der Waals surface area contributed by atoms with Crippen molar-refractivity contribution in [1.82, 2.24) is 9.34 Å². The summed E-state index contributed by atoms with van der Waals surface area (Å²) in [6.45, 7) is 4.62. The van der Waals surface area contributed by atoms with Crippen molar-refractivity contribution in [3.8, 4) is 0 Å². The quantitative estimate of drug-likeness (QED) is 0.291. The summed E-state index contributed by atoms with van der Waals surface area (Å²) in [6.07, 6.45) is 0.00646. The van der Waals surface area contributed by atoms with Crippen molar-refractivity contribution in [2.45, 2.75) is 38.1 Å². The summed E-state index contributed by atoms with van der Waals surface area (Å²) in [7, 11) is 6.40. The first-order valence-corrected chi connectivity index (χ1v) is 12.7. The average molecular weight is 478 g/mol. The van der Waals surface area contributed by atoms with Crippen LogP contribution in [-0.4, -0.2) is 57.3 Å². The van der Waals surface area contributed by atoms with Gasteiger partial charge in [-0.3, -0.25) is 0 Å². The Bertz CT molecular complexity index is 934. The molecule has 4 atom stereocenters. The third-order valence-corrected chi connectivity index (χ3v) is 9.09. The molecule has 3 aromatic carbocycles. The van der Waals surface area contributed by atoms with Crippen LogP contribution in [-0.2, 0) is 9.47 Å². The summed E-state index contributed by atoms with van der Waals surface area (Å²) in [5.74, 6) is 0. The van der Waals surface area contributed by atoms with Gasteiger partial charge in [0.05, 0.1) is 17.4 Å². The first kappa shape index (κ1) is 26.6. The fourth-order valence-electron chi connectivity index (χ4n) is 4.39. The molecule has 0 spiro atoms. The molecule has 0 aliphatic carbocycles. The smallest absolute Gasteiger partial charge is 0.169 e. The van der Waals surface area contributed by atoms with E-state index in [1.807, 2.05) is 14.2 Å². The van der Waals surface area contributed by atoms with Crippen LogP contribution in [0.25, 0.3) is 0 Å². The Morgan fingerprint density at radius 2 is 0.941 bits per heavy atom. The number of ether oxygens (including phenoxy) is 2. The van der Waals surface area contributed by atoms with Crippen molar-refractivity contribution >= 4 is 20.3 Å². The van der Waals surface area contributed by atoms with E-state index in [4.69, 9.17) is 9.47 Å². The average Bonchev–Trinajstić information content (AvgIpc) is 2.89. The molecule has 6 heteroatoms. The van der Waals surface area contributed by atoms with Gasteiger partial charge >= 0.3 is 0 Å². The van der Waals surface area contributed by atoms with Crippen molar-refractivity contribution in [3.63, 3.8) is 0 Å². The molecule has 0 fully saturated rings. The number of hydrogen-bond acceptors (Lipinski definition) is 4. The highest BCUT2D eigenvalue weighted by atomic mass is 31.2. The summed E-state index contributed by atoms with van der Waals surface area (Å²) in [4.78, 5) is 0. The maximum atomic E-state index is 6.09. The number of benzene rings is 3. The Kier molecular flexibility index (Phi) is 9.47. The highest BCUT2D eigenvalue weighted by Crippen LogP contribution is 2.61. The number of hydrogen-bond donors (Lipinski definition) is 0. The number of rotatable bonds is 11. The van der Waals surface area contributed by atoms with Gasteiger partial charge in [0.15, 0.2) is 7.57 Å². The van der Waals surface area contributed by atoms with E-state index >= 15 is 0 Å². The molecule has 0 N–H and O–H groups in total. The second-order valence-electron chi connectivity index (χ2n) is 8.39. The van der Waals surface area contributed by atoms with Gasteiger partial charge in [0.1, 0.15) is 12.2 Å². The van der Waals surface area contributed by atoms with E-state index in [-0.39, 0.29) is 31.9 Å².